The van der Waals surface area contributed by atoms with E-state index in [1.165, 1.54) is 18.5 Å². The average Bonchev–Trinajstić information content (AvgIpc) is 2.48. The van der Waals surface area contributed by atoms with Gasteiger partial charge in [0.25, 0.3) is 0 Å². The number of aromatic nitrogens is 2. The van der Waals surface area contributed by atoms with Gasteiger partial charge in [0.05, 0.1) is 12.0 Å². The SMILES string of the molecule is CNCc1cncn1C1CC(C)(C)C1. The van der Waals surface area contributed by atoms with E-state index in [4.69, 9.17) is 0 Å². The molecule has 0 saturated heterocycles. The Morgan fingerprint density at radius 1 is 1.57 bits per heavy atom. The van der Waals surface area contributed by atoms with Crippen LogP contribution in [-0.4, -0.2) is 16.6 Å². The predicted octanol–water partition coefficient (Wildman–Crippen LogP) is 1.96. The average molecular weight is 193 g/mol. The zero-order valence-corrected chi connectivity index (χ0v) is 9.25. The highest BCUT2D eigenvalue weighted by molar-refractivity contribution is 5.04. The molecule has 78 valence electrons. The molecule has 0 amide bonds. The normalized spacial score (nSPS) is 20.8. The Bertz CT molecular complexity index is 306. The smallest absolute Gasteiger partial charge is 0.0951 e. The predicted molar refractivity (Wildman–Crippen MR) is 57.0 cm³/mol. The molecular formula is C11H19N3. The van der Waals surface area contributed by atoms with Crippen molar-refractivity contribution in [3.63, 3.8) is 0 Å². The lowest BCUT2D eigenvalue weighted by Gasteiger charge is -2.43. The molecule has 0 aliphatic heterocycles. The van der Waals surface area contributed by atoms with Gasteiger partial charge in [-0.1, -0.05) is 13.8 Å². The monoisotopic (exact) mass is 193 g/mol. The minimum absolute atomic E-state index is 0.534. The van der Waals surface area contributed by atoms with Gasteiger partial charge in [0.1, 0.15) is 0 Å². The van der Waals surface area contributed by atoms with Crippen LogP contribution in [0.3, 0.4) is 0 Å². The first-order valence-corrected chi connectivity index (χ1v) is 5.28. The molecule has 1 saturated carbocycles. The lowest BCUT2D eigenvalue weighted by Crippen LogP contribution is -2.34. The molecule has 0 atom stereocenters. The highest BCUT2D eigenvalue weighted by Gasteiger charge is 2.37. The Hall–Kier alpha value is -0.830. The van der Waals surface area contributed by atoms with E-state index in [0.717, 1.165) is 6.54 Å². The molecule has 0 unspecified atom stereocenters. The van der Waals surface area contributed by atoms with Gasteiger partial charge in [0, 0.05) is 18.8 Å². The number of nitrogens with one attached hydrogen (secondary N) is 1. The molecule has 0 radical (unpaired) electrons. The van der Waals surface area contributed by atoms with E-state index >= 15 is 0 Å². The third-order valence-electron chi connectivity index (χ3n) is 3.07. The molecule has 2 rings (SSSR count). The molecule has 1 aliphatic carbocycles. The van der Waals surface area contributed by atoms with Gasteiger partial charge < -0.3 is 9.88 Å². The van der Waals surface area contributed by atoms with E-state index in [0.29, 0.717) is 11.5 Å². The quantitative estimate of drug-likeness (QED) is 0.795. The summed E-state index contributed by atoms with van der Waals surface area (Å²) in [5, 5.41) is 3.17. The molecule has 0 bridgehead atoms. The van der Waals surface area contributed by atoms with Crippen molar-refractivity contribution < 1.29 is 0 Å². The van der Waals surface area contributed by atoms with Gasteiger partial charge in [-0.05, 0) is 25.3 Å². The van der Waals surface area contributed by atoms with Crippen molar-refractivity contribution >= 4 is 0 Å². The van der Waals surface area contributed by atoms with Crippen LogP contribution in [0, 0.1) is 5.41 Å². The van der Waals surface area contributed by atoms with Crippen molar-refractivity contribution in [1.82, 2.24) is 14.9 Å². The van der Waals surface area contributed by atoms with Crippen LogP contribution in [0.2, 0.25) is 0 Å². The summed E-state index contributed by atoms with van der Waals surface area (Å²) < 4.78 is 2.32. The fourth-order valence-corrected chi connectivity index (χ4v) is 2.39. The van der Waals surface area contributed by atoms with Crippen LogP contribution >= 0.6 is 0 Å². The van der Waals surface area contributed by atoms with Crippen LogP contribution in [0.25, 0.3) is 0 Å². The Labute approximate surface area is 85.5 Å². The first kappa shape index (κ1) is 9.71. The highest BCUT2D eigenvalue weighted by Crippen LogP contribution is 2.47. The van der Waals surface area contributed by atoms with Gasteiger partial charge in [0.2, 0.25) is 0 Å². The van der Waals surface area contributed by atoms with Crippen molar-refractivity contribution in [2.24, 2.45) is 5.41 Å². The Morgan fingerprint density at radius 2 is 2.29 bits per heavy atom. The van der Waals surface area contributed by atoms with Crippen molar-refractivity contribution in [3.8, 4) is 0 Å². The van der Waals surface area contributed by atoms with Crippen LogP contribution in [0.4, 0.5) is 0 Å². The van der Waals surface area contributed by atoms with E-state index in [9.17, 15) is 0 Å². The van der Waals surface area contributed by atoms with Crippen LogP contribution in [0.1, 0.15) is 38.4 Å². The van der Waals surface area contributed by atoms with Crippen molar-refractivity contribution in [2.45, 2.75) is 39.3 Å². The maximum Gasteiger partial charge on any atom is 0.0951 e. The summed E-state index contributed by atoms with van der Waals surface area (Å²) in [4.78, 5) is 4.21. The topological polar surface area (TPSA) is 29.9 Å². The number of rotatable bonds is 3. The van der Waals surface area contributed by atoms with Gasteiger partial charge in [-0.2, -0.15) is 0 Å². The molecule has 1 N–H and O–H groups in total. The fourth-order valence-electron chi connectivity index (χ4n) is 2.39. The standard InChI is InChI=1S/C11H19N3/c1-11(2)4-9(5-11)14-8-13-7-10(14)6-12-3/h7-9,12H,4-6H2,1-3H3. The van der Waals surface area contributed by atoms with Gasteiger partial charge in [-0.3, -0.25) is 0 Å². The third kappa shape index (κ3) is 1.69. The molecule has 3 heteroatoms. The number of nitrogens with zero attached hydrogens (tertiary/aromatic N) is 2. The van der Waals surface area contributed by atoms with E-state index in [-0.39, 0.29) is 0 Å². The molecule has 1 aromatic rings. The molecule has 14 heavy (non-hydrogen) atoms. The van der Waals surface area contributed by atoms with Crippen LogP contribution < -0.4 is 5.32 Å². The van der Waals surface area contributed by atoms with Gasteiger partial charge in [0.15, 0.2) is 0 Å². The molecule has 0 spiro atoms. The zero-order valence-electron chi connectivity index (χ0n) is 9.25. The summed E-state index contributed by atoms with van der Waals surface area (Å²) in [6.07, 6.45) is 6.48. The Kier molecular flexibility index (Phi) is 2.35. The summed E-state index contributed by atoms with van der Waals surface area (Å²) in [5.41, 5.74) is 1.83. The Balaban J connectivity index is 2.06. The Morgan fingerprint density at radius 3 is 2.86 bits per heavy atom. The molecular weight excluding hydrogens is 174 g/mol. The van der Waals surface area contributed by atoms with Crippen molar-refractivity contribution in [1.29, 1.82) is 0 Å². The van der Waals surface area contributed by atoms with Crippen molar-refractivity contribution in [3.05, 3.63) is 18.2 Å². The summed E-state index contributed by atoms with van der Waals surface area (Å²) in [6, 6.07) is 0.677. The second-order valence-electron chi connectivity index (χ2n) is 5.05. The van der Waals surface area contributed by atoms with Crippen LogP contribution in [0.15, 0.2) is 12.5 Å². The second-order valence-corrected chi connectivity index (χ2v) is 5.05. The van der Waals surface area contributed by atoms with E-state index in [1.807, 2.05) is 19.6 Å². The number of hydrogen-bond donors (Lipinski definition) is 1. The van der Waals surface area contributed by atoms with E-state index < -0.39 is 0 Å². The molecule has 1 aromatic heterocycles. The van der Waals surface area contributed by atoms with E-state index in [1.54, 1.807) is 0 Å². The van der Waals surface area contributed by atoms with Gasteiger partial charge in [-0.15, -0.1) is 0 Å². The number of imidazole rings is 1. The number of hydrogen-bond acceptors (Lipinski definition) is 2. The molecule has 0 aromatic carbocycles. The maximum atomic E-state index is 4.21. The molecule has 1 heterocycles. The molecule has 1 fully saturated rings. The summed E-state index contributed by atoms with van der Waals surface area (Å²) >= 11 is 0. The summed E-state index contributed by atoms with van der Waals surface area (Å²) in [5.74, 6) is 0. The minimum atomic E-state index is 0.534. The van der Waals surface area contributed by atoms with Gasteiger partial charge >= 0.3 is 0 Å². The highest BCUT2D eigenvalue weighted by atomic mass is 15.1. The van der Waals surface area contributed by atoms with E-state index in [2.05, 4.69) is 28.7 Å². The first-order valence-electron chi connectivity index (χ1n) is 5.28. The maximum absolute atomic E-state index is 4.21. The zero-order chi connectivity index (χ0) is 10.2. The van der Waals surface area contributed by atoms with Crippen LogP contribution in [-0.2, 0) is 6.54 Å². The van der Waals surface area contributed by atoms with Crippen molar-refractivity contribution in [2.75, 3.05) is 7.05 Å². The first-order chi connectivity index (χ1) is 6.62. The third-order valence-corrected chi connectivity index (χ3v) is 3.07. The fraction of sp³-hybridized carbons (Fsp3) is 0.727. The second kappa shape index (κ2) is 3.39. The summed E-state index contributed by atoms with van der Waals surface area (Å²) in [7, 11) is 1.97. The molecule has 3 nitrogen and oxygen atoms in total. The minimum Gasteiger partial charge on any atom is -0.330 e. The van der Waals surface area contributed by atoms with Gasteiger partial charge in [-0.25, -0.2) is 4.98 Å². The molecule has 1 aliphatic rings. The summed E-state index contributed by atoms with van der Waals surface area (Å²) in [6.45, 7) is 5.58. The van der Waals surface area contributed by atoms with Crippen LogP contribution in [0.5, 0.6) is 0 Å². The largest absolute Gasteiger partial charge is 0.330 e. The lowest BCUT2D eigenvalue weighted by atomic mass is 9.68. The lowest BCUT2D eigenvalue weighted by molar-refractivity contribution is 0.102.